The third-order valence-corrected chi connectivity index (χ3v) is 26.4. The summed E-state index contributed by atoms with van der Waals surface area (Å²) in [5, 5.41) is 32.3. The number of alkyl carbamates (subject to hydrolysis) is 2. The van der Waals surface area contributed by atoms with E-state index in [0.717, 1.165) is 25.7 Å². The summed E-state index contributed by atoms with van der Waals surface area (Å²) in [6.07, 6.45) is 10.8. The number of carboxylic acids is 1. The maximum Gasteiger partial charge on any atom is 0.408 e. The zero-order valence-electron chi connectivity index (χ0n) is 66.3. The van der Waals surface area contributed by atoms with Crippen molar-refractivity contribution in [3.8, 4) is 28.8 Å². The SMILES string of the molecule is CC[C@@H]1C[C@]1(NC(=O)[C@@H]1C[C@@H](Oc2cc(-n3cccn3)cc3c(Cl)c(OC)ccc23)CN1C(=O)[C@@H](NC(=O)OC1C[C@@H]2C[C@@H]2C1)C(C)(C)C)C(=O)O.CC[C@@H]1C[C@]1(NC(=O)[C@@H]1C[C@H](OS(=O)(=O)c2ccc(Br)cc2)CN1C(=O)[C@@H](NC(=O)OC1C[C@@H]2C[C@@H]2C1)C(C)(C)C)C(=O)OC.COc1ccc2c(=O)cc(-n3cccn3)[nH]c2c1Cl. The number of benzene rings is 4. The molecule has 16 atom stereocenters. The highest BCUT2D eigenvalue weighted by Gasteiger charge is 2.64. The monoisotopic (exact) mass is 1720 g/mol. The van der Waals surface area contributed by atoms with E-state index < -0.39 is 116 Å². The number of ether oxygens (including phenoxy) is 6. The molecule has 6 N–H and O–H groups in total. The summed E-state index contributed by atoms with van der Waals surface area (Å²) in [5.74, 6) is 0.110. The number of methoxy groups -OCH3 is 3. The number of likely N-dealkylation sites (tertiary alicyclic amines) is 2. The first kappa shape index (κ1) is 84.4. The van der Waals surface area contributed by atoms with Crippen LogP contribution in [0.2, 0.25) is 10.0 Å². The van der Waals surface area contributed by atoms with E-state index in [1.54, 1.807) is 97.4 Å². The molecule has 8 aliphatic rings. The van der Waals surface area contributed by atoms with Gasteiger partial charge in [-0.05, 0) is 164 Å². The van der Waals surface area contributed by atoms with Gasteiger partial charge in [0.1, 0.15) is 81.6 Å². The van der Waals surface area contributed by atoms with Crippen LogP contribution < -0.4 is 40.9 Å². The van der Waals surface area contributed by atoms with Crippen LogP contribution in [0.25, 0.3) is 33.2 Å². The first-order valence-electron chi connectivity index (χ1n) is 39.1. The summed E-state index contributed by atoms with van der Waals surface area (Å²) in [7, 11) is 0.0631. The van der Waals surface area contributed by atoms with E-state index in [0.29, 0.717) is 114 Å². The number of hydrogen-bond acceptors (Lipinski definition) is 20. The van der Waals surface area contributed by atoms with Crippen molar-refractivity contribution in [2.24, 2.45) is 46.3 Å². The van der Waals surface area contributed by atoms with Crippen molar-refractivity contribution in [3.63, 3.8) is 0 Å². The zero-order chi connectivity index (χ0) is 83.4. The quantitative estimate of drug-likeness (QED) is 0.0197. The van der Waals surface area contributed by atoms with Crippen LogP contribution in [0.4, 0.5) is 9.59 Å². The number of carbonyl (C=O) groups is 8. The lowest BCUT2D eigenvalue weighted by molar-refractivity contribution is -0.148. The number of fused-ring (bicyclic) bond motifs is 4. The first-order chi connectivity index (χ1) is 55.0. The second kappa shape index (κ2) is 33.5. The highest BCUT2D eigenvalue weighted by atomic mass is 79.9. The Morgan fingerprint density at radius 3 is 1.59 bits per heavy atom. The number of nitrogens with one attached hydrogen (secondary N) is 5. The van der Waals surface area contributed by atoms with Crippen LogP contribution in [0.3, 0.4) is 0 Å². The Hall–Kier alpha value is -9.50. The number of pyridine rings is 1. The second-order valence-corrected chi connectivity index (χ2v) is 36.9. The van der Waals surface area contributed by atoms with Crippen LogP contribution in [-0.4, -0.2) is 190 Å². The van der Waals surface area contributed by atoms with Crippen molar-refractivity contribution in [2.75, 3.05) is 34.4 Å². The van der Waals surface area contributed by atoms with E-state index in [4.69, 9.17) is 55.8 Å². The minimum atomic E-state index is -4.25. The fourth-order valence-electron chi connectivity index (χ4n) is 16.9. The lowest BCUT2D eigenvalue weighted by atomic mass is 9.85. The van der Waals surface area contributed by atoms with Crippen LogP contribution in [0.15, 0.2) is 118 Å². The van der Waals surface area contributed by atoms with Crippen LogP contribution in [0, 0.1) is 46.3 Å². The molecule has 7 aromatic rings. The number of hydrogen-bond donors (Lipinski definition) is 6. The smallest absolute Gasteiger partial charge is 0.408 e. The van der Waals surface area contributed by atoms with Crippen molar-refractivity contribution >= 4 is 119 Å². The summed E-state index contributed by atoms with van der Waals surface area (Å²) in [5.41, 5.74) is -3.08. The fraction of sp³-hybridized carbons (Fsp3) is 0.524. The standard InChI is InChI=1S/C38H46ClN5O8.C31H42BrN3O9S.C13H10ClN3O2/c1-6-22-18-38(22,35(47)48)42-33(45)28-17-25(19-43(28)34(46)32(37(2,3)4)41-36(49)52-24-13-20-12-21(20)14-24)51-30-16-23(44-11-7-10-40-44)15-27-26(30)8-9-29(50-5)31(27)39;1-6-19-15-31(19,28(38)42-5)34-26(36)24-14-22(44-45(40,41)23-9-7-20(32)8-10-23)16-35(24)27(37)25(30(2,3)4)33-29(39)43-21-12-17-11-18(17)13-21;1-19-10-4-3-8-9(18)7-11(16-13(8)12(10)14)17-6-2-5-15-17/h7-11,15-16,20-22,24-25,28,32H,6,12-14,17-19H2,1-5H3,(H,41,49)(H,42,45)(H,47,48);7-10,17-19,21-22,24-25H,6,11-16H2,1-5H3,(H,33,39)(H,34,36);2-7H,1H3,(H,16,18)/t20-,21+,22-,24?,25-,28+,32-,38-;17-,18+,19-,21?,22+,24+,25-,31-;/m11./s1. The Morgan fingerprint density at radius 2 is 1.10 bits per heavy atom. The molecule has 622 valence electrons. The van der Waals surface area contributed by atoms with Gasteiger partial charge in [0.05, 0.1) is 55.1 Å². The molecule has 0 spiro atoms. The van der Waals surface area contributed by atoms with Crippen molar-refractivity contribution in [1.82, 2.24) is 55.6 Å². The lowest BCUT2D eigenvalue weighted by Gasteiger charge is -2.35. The van der Waals surface area contributed by atoms with Gasteiger partial charge in [-0.25, -0.2) is 28.5 Å². The van der Waals surface area contributed by atoms with E-state index >= 15 is 0 Å². The molecule has 2 unspecified atom stereocenters. The van der Waals surface area contributed by atoms with E-state index in [-0.39, 0.29) is 60.3 Å². The summed E-state index contributed by atoms with van der Waals surface area (Å²) >= 11 is 16.3. The predicted octanol–water partition coefficient (Wildman–Crippen LogP) is 11.2. The molecular weight excluding hydrogens is 1630 g/mol. The van der Waals surface area contributed by atoms with Crippen LogP contribution >= 0.6 is 39.1 Å². The topological polar surface area (TPSA) is 379 Å². The molecule has 6 amide bonds. The van der Waals surface area contributed by atoms with Gasteiger partial charge in [-0.2, -0.15) is 18.6 Å². The van der Waals surface area contributed by atoms with Crippen molar-refractivity contribution < 1.29 is 84.5 Å². The number of aliphatic carboxylic acids is 1. The molecule has 30 nitrogen and oxygen atoms in total. The van der Waals surface area contributed by atoms with E-state index in [1.165, 1.54) is 62.2 Å². The van der Waals surface area contributed by atoms with Crippen LogP contribution in [-0.2, 0) is 57.3 Å². The Morgan fingerprint density at radius 1 is 0.612 bits per heavy atom. The van der Waals surface area contributed by atoms with Gasteiger partial charge in [-0.3, -0.25) is 28.2 Å². The molecule has 4 aromatic carbocycles. The third-order valence-electron chi connectivity index (χ3n) is 23.7. The number of aromatic amines is 1. The number of H-pyrrole nitrogens is 1. The van der Waals surface area contributed by atoms with Crippen LogP contribution in [0.5, 0.6) is 17.2 Å². The number of rotatable bonds is 23. The van der Waals surface area contributed by atoms with Gasteiger partial charge in [0, 0.05) is 76.9 Å². The summed E-state index contributed by atoms with van der Waals surface area (Å²) < 4.78 is 69.4. The first-order valence-corrected chi connectivity index (χ1v) is 42.0. The molecule has 5 heterocycles. The van der Waals surface area contributed by atoms with Crippen LogP contribution in [0.1, 0.15) is 132 Å². The van der Waals surface area contributed by atoms with Gasteiger partial charge in [0.2, 0.25) is 23.6 Å². The molecule has 34 heteroatoms. The molecule has 116 heavy (non-hydrogen) atoms. The van der Waals surface area contributed by atoms with Gasteiger partial charge in [0.15, 0.2) is 5.43 Å². The molecule has 2 saturated heterocycles. The number of amides is 6. The van der Waals surface area contributed by atoms with E-state index in [1.807, 2.05) is 52.8 Å². The van der Waals surface area contributed by atoms with Gasteiger partial charge in [-0.15, -0.1) is 0 Å². The van der Waals surface area contributed by atoms with Gasteiger partial charge < -0.3 is 69.6 Å². The largest absolute Gasteiger partial charge is 0.495 e. The average Bonchev–Trinajstić information content (AvgIpc) is 1.51. The van der Waals surface area contributed by atoms with Crippen molar-refractivity contribution in [2.45, 2.75) is 197 Å². The Balaban J connectivity index is 0.000000166. The molecule has 6 aliphatic carbocycles. The lowest BCUT2D eigenvalue weighted by Crippen LogP contribution is -2.59. The number of nitrogens with zero attached hydrogens (tertiary/aromatic N) is 6. The maximum absolute atomic E-state index is 14.6. The molecule has 0 bridgehead atoms. The maximum atomic E-state index is 14.6. The van der Waals surface area contributed by atoms with Crippen molar-refractivity contribution in [1.29, 1.82) is 0 Å². The number of carboxylic acid groups (broad SMARTS) is 1. The summed E-state index contributed by atoms with van der Waals surface area (Å²) in [4.78, 5) is 126. The Bertz CT molecular complexity index is 5080. The predicted molar refractivity (Wildman–Crippen MR) is 430 cm³/mol. The highest BCUT2D eigenvalue weighted by Crippen LogP contribution is 2.54. The number of esters is 1. The van der Waals surface area contributed by atoms with E-state index in [9.17, 15) is 56.7 Å². The summed E-state index contributed by atoms with van der Waals surface area (Å²) in [6.45, 7) is 14.4. The number of carbonyl (C=O) groups excluding carboxylic acids is 7. The minimum Gasteiger partial charge on any atom is -0.495 e. The molecule has 15 rings (SSSR count). The minimum absolute atomic E-state index is 0.000861. The zero-order valence-corrected chi connectivity index (χ0v) is 70.2. The van der Waals surface area contributed by atoms with Gasteiger partial charge in [0.25, 0.3) is 10.1 Å². The fourth-order valence-corrected chi connectivity index (χ4v) is 18.9. The Kier molecular flexibility index (Phi) is 24.4. The normalized spacial score (nSPS) is 26.4. The number of halogens is 3. The molecule has 2 aliphatic heterocycles. The molecule has 3 aromatic heterocycles. The highest BCUT2D eigenvalue weighted by molar-refractivity contribution is 9.10. The molecule has 0 radical (unpaired) electrons. The molecule has 6 saturated carbocycles. The van der Waals surface area contributed by atoms with Gasteiger partial charge >= 0.3 is 24.1 Å². The second-order valence-electron chi connectivity index (χ2n) is 33.6. The van der Waals surface area contributed by atoms with E-state index in [2.05, 4.69) is 52.4 Å². The summed E-state index contributed by atoms with van der Waals surface area (Å²) in [6, 6.07) is 17.2. The Labute approximate surface area is 689 Å². The van der Waals surface area contributed by atoms with Crippen molar-refractivity contribution in [3.05, 3.63) is 128 Å². The number of aromatic nitrogens is 5. The average molecular weight is 1720 g/mol. The molecular formula is C82H98BrCl2N11O19S. The molecule has 8 fully saturated rings. The third kappa shape index (κ3) is 18.0. The van der Waals surface area contributed by atoms with Gasteiger partial charge in [-0.1, -0.05) is 107 Å².